The topological polar surface area (TPSA) is 91.2 Å². The lowest BCUT2D eigenvalue weighted by atomic mass is 9.87. The van der Waals surface area contributed by atoms with Crippen molar-refractivity contribution in [3.63, 3.8) is 0 Å². The lowest BCUT2D eigenvalue weighted by Crippen LogP contribution is -2.31. The van der Waals surface area contributed by atoms with Crippen molar-refractivity contribution in [2.24, 2.45) is 0 Å². The van der Waals surface area contributed by atoms with Crippen molar-refractivity contribution in [1.29, 1.82) is 5.26 Å². The molecule has 1 aliphatic rings. The second kappa shape index (κ2) is 10.7. The van der Waals surface area contributed by atoms with E-state index in [1.807, 2.05) is 50.2 Å². The standard InChI is InChI=1S/C24H24BrN3O3S/c1-4-15-10-17(25)9-14(2)23(15)27-22(30)13-32-24-20(12-26)19(11-21(29)28-24)16-5-7-18(31-3)8-6-16/h5-10,19H,4,11,13H2,1-3H3,(H,27,30)(H,28,29)/t19-/m0/s1. The number of thioether (sulfide) groups is 1. The third kappa shape index (κ3) is 5.53. The molecule has 3 rings (SSSR count). The predicted octanol–water partition coefficient (Wildman–Crippen LogP) is 5.04. The fourth-order valence-corrected chi connectivity index (χ4v) is 5.13. The maximum absolute atomic E-state index is 12.7. The average Bonchev–Trinajstić information content (AvgIpc) is 2.78. The molecule has 0 aliphatic carbocycles. The van der Waals surface area contributed by atoms with Gasteiger partial charge in [0, 0.05) is 22.5 Å². The maximum atomic E-state index is 12.7. The highest BCUT2D eigenvalue weighted by Crippen LogP contribution is 2.36. The van der Waals surface area contributed by atoms with Gasteiger partial charge in [-0.15, -0.1) is 0 Å². The fraction of sp³-hybridized carbons (Fsp3) is 0.292. The minimum Gasteiger partial charge on any atom is -0.497 e. The molecule has 0 bridgehead atoms. The number of aryl methyl sites for hydroxylation is 2. The SMILES string of the molecule is CCc1cc(Br)cc(C)c1NC(=O)CSC1=C(C#N)[C@H](c2ccc(OC)cc2)CC(=O)N1. The van der Waals surface area contributed by atoms with Crippen LogP contribution in [0.2, 0.25) is 0 Å². The van der Waals surface area contributed by atoms with Crippen LogP contribution in [0.25, 0.3) is 0 Å². The molecule has 1 aliphatic heterocycles. The highest BCUT2D eigenvalue weighted by molar-refractivity contribution is 9.10. The summed E-state index contributed by atoms with van der Waals surface area (Å²) in [6.45, 7) is 3.98. The predicted molar refractivity (Wildman–Crippen MR) is 130 cm³/mol. The Morgan fingerprint density at radius 2 is 2.06 bits per heavy atom. The van der Waals surface area contributed by atoms with Crippen LogP contribution in [-0.4, -0.2) is 24.7 Å². The Balaban J connectivity index is 1.77. The van der Waals surface area contributed by atoms with E-state index >= 15 is 0 Å². The van der Waals surface area contributed by atoms with Gasteiger partial charge in [-0.05, 0) is 54.3 Å². The smallest absolute Gasteiger partial charge is 0.234 e. The van der Waals surface area contributed by atoms with Crippen LogP contribution in [0.3, 0.4) is 0 Å². The van der Waals surface area contributed by atoms with Gasteiger partial charge in [0.05, 0.1) is 29.5 Å². The molecule has 6 nitrogen and oxygen atoms in total. The number of hydrogen-bond donors (Lipinski definition) is 2. The van der Waals surface area contributed by atoms with Gasteiger partial charge in [0.25, 0.3) is 0 Å². The second-order valence-corrected chi connectivity index (χ2v) is 9.28. The molecule has 166 valence electrons. The lowest BCUT2D eigenvalue weighted by molar-refractivity contribution is -0.121. The first-order valence-corrected chi connectivity index (χ1v) is 11.9. The number of amides is 2. The molecule has 0 unspecified atom stereocenters. The van der Waals surface area contributed by atoms with Gasteiger partial charge in [-0.3, -0.25) is 9.59 Å². The van der Waals surface area contributed by atoms with Gasteiger partial charge in [0.2, 0.25) is 11.8 Å². The van der Waals surface area contributed by atoms with E-state index in [1.54, 1.807) is 7.11 Å². The van der Waals surface area contributed by atoms with Crippen LogP contribution in [-0.2, 0) is 16.0 Å². The second-order valence-electron chi connectivity index (χ2n) is 7.38. The summed E-state index contributed by atoms with van der Waals surface area (Å²) in [5.41, 5.74) is 4.13. The molecule has 0 saturated heterocycles. The molecule has 0 saturated carbocycles. The van der Waals surface area contributed by atoms with Crippen LogP contribution in [0.4, 0.5) is 5.69 Å². The van der Waals surface area contributed by atoms with Gasteiger partial charge in [-0.25, -0.2) is 0 Å². The minimum atomic E-state index is -0.356. The number of hydrogen-bond acceptors (Lipinski definition) is 5. The number of carbonyl (C=O) groups excluding carboxylic acids is 2. The number of nitrogens with one attached hydrogen (secondary N) is 2. The first-order chi connectivity index (χ1) is 15.4. The Morgan fingerprint density at radius 1 is 1.34 bits per heavy atom. The summed E-state index contributed by atoms with van der Waals surface area (Å²) in [5.74, 6) is 0.0583. The number of allylic oxidation sites excluding steroid dienone is 1. The van der Waals surface area contributed by atoms with E-state index in [2.05, 4.69) is 32.6 Å². The zero-order valence-corrected chi connectivity index (χ0v) is 20.5. The average molecular weight is 514 g/mol. The zero-order valence-electron chi connectivity index (χ0n) is 18.1. The van der Waals surface area contributed by atoms with Crippen molar-refractivity contribution in [1.82, 2.24) is 5.32 Å². The summed E-state index contributed by atoms with van der Waals surface area (Å²) in [7, 11) is 1.59. The molecular formula is C24H24BrN3O3S. The summed E-state index contributed by atoms with van der Waals surface area (Å²) < 4.78 is 6.16. The summed E-state index contributed by atoms with van der Waals surface area (Å²) in [6, 6.07) is 13.5. The summed E-state index contributed by atoms with van der Waals surface area (Å²) in [6.07, 6.45) is 0.968. The highest BCUT2D eigenvalue weighted by atomic mass is 79.9. The summed E-state index contributed by atoms with van der Waals surface area (Å²) in [4.78, 5) is 25.0. The van der Waals surface area contributed by atoms with E-state index in [1.165, 1.54) is 11.8 Å². The van der Waals surface area contributed by atoms with Gasteiger partial charge in [-0.2, -0.15) is 5.26 Å². The van der Waals surface area contributed by atoms with E-state index in [-0.39, 0.29) is 29.9 Å². The van der Waals surface area contributed by atoms with E-state index in [9.17, 15) is 14.9 Å². The number of nitrogens with zero attached hydrogens (tertiary/aromatic N) is 1. The minimum absolute atomic E-state index is 0.0782. The Morgan fingerprint density at radius 3 is 2.69 bits per heavy atom. The van der Waals surface area contributed by atoms with Crippen molar-refractivity contribution >= 4 is 45.2 Å². The van der Waals surface area contributed by atoms with E-state index in [0.29, 0.717) is 16.4 Å². The van der Waals surface area contributed by atoms with Crippen LogP contribution >= 0.6 is 27.7 Å². The molecule has 2 N–H and O–H groups in total. The largest absolute Gasteiger partial charge is 0.497 e. The molecule has 0 spiro atoms. The fourth-order valence-electron chi connectivity index (χ4n) is 3.64. The number of ether oxygens (including phenoxy) is 1. The molecule has 2 amide bonds. The van der Waals surface area contributed by atoms with Gasteiger partial charge < -0.3 is 15.4 Å². The summed E-state index contributed by atoms with van der Waals surface area (Å²) in [5, 5.41) is 16.0. The van der Waals surface area contributed by atoms with Crippen LogP contribution in [0, 0.1) is 18.3 Å². The van der Waals surface area contributed by atoms with Crippen molar-refractivity contribution < 1.29 is 14.3 Å². The Labute approximate surface area is 200 Å². The van der Waals surface area contributed by atoms with E-state index in [4.69, 9.17) is 4.74 Å². The van der Waals surface area contributed by atoms with E-state index < -0.39 is 0 Å². The van der Waals surface area contributed by atoms with Gasteiger partial charge in [-0.1, -0.05) is 46.7 Å². The third-order valence-electron chi connectivity index (χ3n) is 5.25. The molecule has 0 aromatic heterocycles. The van der Waals surface area contributed by atoms with E-state index in [0.717, 1.165) is 33.3 Å². The lowest BCUT2D eigenvalue weighted by Gasteiger charge is -2.25. The number of rotatable bonds is 7. The van der Waals surface area contributed by atoms with Crippen LogP contribution in [0.5, 0.6) is 5.75 Å². The number of nitriles is 1. The number of carbonyl (C=O) groups is 2. The Bertz CT molecular complexity index is 1110. The first kappa shape index (κ1) is 23.9. The number of benzene rings is 2. The van der Waals surface area contributed by atoms with Crippen molar-refractivity contribution in [2.45, 2.75) is 32.6 Å². The van der Waals surface area contributed by atoms with Gasteiger partial charge in [0.15, 0.2) is 0 Å². The van der Waals surface area contributed by atoms with Crippen molar-refractivity contribution in [3.05, 3.63) is 68.2 Å². The highest BCUT2D eigenvalue weighted by Gasteiger charge is 2.30. The molecule has 2 aromatic carbocycles. The van der Waals surface area contributed by atoms with Crippen LogP contribution in [0.15, 0.2) is 51.5 Å². The number of halogens is 1. The monoisotopic (exact) mass is 513 g/mol. The van der Waals surface area contributed by atoms with Crippen molar-refractivity contribution in [3.8, 4) is 11.8 Å². The molecule has 0 fully saturated rings. The van der Waals surface area contributed by atoms with Gasteiger partial charge >= 0.3 is 0 Å². The molecule has 0 radical (unpaired) electrons. The molecule has 1 heterocycles. The molecule has 8 heteroatoms. The Kier molecular flexibility index (Phi) is 7.99. The molecule has 1 atom stereocenters. The number of methoxy groups -OCH3 is 1. The van der Waals surface area contributed by atoms with Crippen LogP contribution < -0.4 is 15.4 Å². The molecular weight excluding hydrogens is 490 g/mol. The normalized spacial score (nSPS) is 15.7. The molecule has 2 aromatic rings. The molecule has 32 heavy (non-hydrogen) atoms. The van der Waals surface area contributed by atoms with Crippen molar-refractivity contribution in [2.75, 3.05) is 18.2 Å². The summed E-state index contributed by atoms with van der Waals surface area (Å²) >= 11 is 4.66. The first-order valence-electron chi connectivity index (χ1n) is 10.2. The van der Waals surface area contributed by atoms with Crippen LogP contribution in [0.1, 0.15) is 36.0 Å². The number of anilines is 1. The third-order valence-corrected chi connectivity index (χ3v) is 6.72. The van der Waals surface area contributed by atoms with Gasteiger partial charge in [0.1, 0.15) is 5.75 Å². The maximum Gasteiger partial charge on any atom is 0.234 e. The zero-order chi connectivity index (χ0) is 23.3. The Hall–Kier alpha value is -2.76. The quantitative estimate of drug-likeness (QED) is 0.541.